The SMILES string of the molecule is CCCCS(=O)(=O)NC1=NCN(CCOC(=O)c2ccccc2)CN1. The first kappa shape index (κ1) is 19.2. The van der Waals surface area contributed by atoms with Gasteiger partial charge in [-0.3, -0.25) is 9.62 Å². The van der Waals surface area contributed by atoms with E-state index in [1.165, 1.54) is 0 Å². The summed E-state index contributed by atoms with van der Waals surface area (Å²) in [6.07, 6.45) is 1.43. The lowest BCUT2D eigenvalue weighted by Crippen LogP contribution is -2.51. The Labute approximate surface area is 148 Å². The number of nitrogens with one attached hydrogen (secondary N) is 2. The molecular formula is C16H24N4O4S. The van der Waals surface area contributed by atoms with Crippen LogP contribution in [0.2, 0.25) is 0 Å². The van der Waals surface area contributed by atoms with Crippen molar-refractivity contribution < 1.29 is 17.9 Å². The average molecular weight is 368 g/mol. The number of hydrogen-bond acceptors (Lipinski definition) is 7. The van der Waals surface area contributed by atoms with E-state index in [9.17, 15) is 13.2 Å². The lowest BCUT2D eigenvalue weighted by atomic mass is 10.2. The van der Waals surface area contributed by atoms with Crippen LogP contribution in [0, 0.1) is 0 Å². The van der Waals surface area contributed by atoms with Crippen LogP contribution in [0.15, 0.2) is 35.3 Å². The van der Waals surface area contributed by atoms with Gasteiger partial charge < -0.3 is 10.1 Å². The molecule has 0 amide bonds. The van der Waals surface area contributed by atoms with Crippen LogP contribution >= 0.6 is 0 Å². The summed E-state index contributed by atoms with van der Waals surface area (Å²) in [7, 11) is -3.35. The zero-order valence-corrected chi connectivity index (χ0v) is 15.1. The van der Waals surface area contributed by atoms with Crippen molar-refractivity contribution in [2.24, 2.45) is 4.99 Å². The molecular weight excluding hydrogens is 344 g/mol. The molecule has 2 N–H and O–H groups in total. The fraction of sp³-hybridized carbons (Fsp3) is 0.500. The Morgan fingerprint density at radius 2 is 2.12 bits per heavy atom. The van der Waals surface area contributed by atoms with E-state index < -0.39 is 10.0 Å². The van der Waals surface area contributed by atoms with Gasteiger partial charge >= 0.3 is 5.97 Å². The fourth-order valence-corrected chi connectivity index (χ4v) is 3.34. The third-order valence-electron chi connectivity index (χ3n) is 3.57. The van der Waals surface area contributed by atoms with Crippen molar-refractivity contribution in [3.05, 3.63) is 35.9 Å². The highest BCUT2D eigenvalue weighted by molar-refractivity contribution is 7.90. The van der Waals surface area contributed by atoms with Crippen molar-refractivity contribution in [1.82, 2.24) is 14.9 Å². The molecule has 2 rings (SSSR count). The number of unbranched alkanes of at least 4 members (excludes halogenated alkanes) is 1. The van der Waals surface area contributed by atoms with Gasteiger partial charge in [0.15, 0.2) is 0 Å². The van der Waals surface area contributed by atoms with Gasteiger partial charge in [-0.1, -0.05) is 31.5 Å². The van der Waals surface area contributed by atoms with Crippen LogP contribution in [0.1, 0.15) is 30.1 Å². The maximum Gasteiger partial charge on any atom is 0.338 e. The first-order chi connectivity index (χ1) is 12.0. The van der Waals surface area contributed by atoms with Crippen LogP contribution in [0.25, 0.3) is 0 Å². The Hall–Kier alpha value is -2.13. The number of hydrogen-bond donors (Lipinski definition) is 2. The summed E-state index contributed by atoms with van der Waals surface area (Å²) in [5.74, 6) is -0.0179. The second kappa shape index (κ2) is 9.38. The molecule has 25 heavy (non-hydrogen) atoms. The standard InChI is InChI=1S/C16H24N4O4S/c1-2-3-11-25(22,23)19-16-17-12-20(13-18-16)9-10-24-15(21)14-7-5-4-6-8-14/h4-8H,2-3,9-13H2,1H3,(H2,17,18,19). The number of rotatable bonds is 8. The summed E-state index contributed by atoms with van der Waals surface area (Å²) in [5.41, 5.74) is 0.515. The summed E-state index contributed by atoms with van der Waals surface area (Å²) < 4.78 is 31.3. The van der Waals surface area contributed by atoms with Crippen LogP contribution in [0.4, 0.5) is 0 Å². The van der Waals surface area contributed by atoms with E-state index in [1.807, 2.05) is 17.9 Å². The Kier molecular flexibility index (Phi) is 7.20. The molecule has 0 spiro atoms. The van der Waals surface area contributed by atoms with Gasteiger partial charge in [-0.25, -0.2) is 18.2 Å². The van der Waals surface area contributed by atoms with E-state index in [0.717, 1.165) is 6.42 Å². The molecule has 138 valence electrons. The monoisotopic (exact) mass is 368 g/mol. The second-order valence-electron chi connectivity index (χ2n) is 5.65. The van der Waals surface area contributed by atoms with Crippen molar-refractivity contribution in [3.63, 3.8) is 0 Å². The van der Waals surface area contributed by atoms with Gasteiger partial charge in [0.1, 0.15) is 6.61 Å². The predicted octanol–water partition coefficient (Wildman–Crippen LogP) is 0.739. The maximum absolute atomic E-state index is 11.8. The largest absolute Gasteiger partial charge is 0.461 e. The minimum atomic E-state index is -3.35. The Bertz CT molecular complexity index is 691. The highest BCUT2D eigenvalue weighted by Gasteiger charge is 2.17. The van der Waals surface area contributed by atoms with Crippen LogP contribution in [0.3, 0.4) is 0 Å². The Morgan fingerprint density at radius 3 is 2.76 bits per heavy atom. The van der Waals surface area contributed by atoms with Gasteiger partial charge in [0.2, 0.25) is 16.0 Å². The van der Waals surface area contributed by atoms with Gasteiger partial charge in [-0.2, -0.15) is 0 Å². The quantitative estimate of drug-likeness (QED) is 0.657. The highest BCUT2D eigenvalue weighted by atomic mass is 32.2. The lowest BCUT2D eigenvalue weighted by Gasteiger charge is -2.26. The minimum absolute atomic E-state index is 0.0867. The molecule has 0 bridgehead atoms. The third kappa shape index (κ3) is 6.71. The van der Waals surface area contributed by atoms with Crippen molar-refractivity contribution in [2.45, 2.75) is 19.8 Å². The summed E-state index contributed by atoms with van der Waals surface area (Å²) in [4.78, 5) is 17.9. The first-order valence-corrected chi connectivity index (χ1v) is 9.89. The van der Waals surface area contributed by atoms with Gasteiger partial charge in [-0.15, -0.1) is 0 Å². The van der Waals surface area contributed by atoms with Crippen molar-refractivity contribution in [2.75, 3.05) is 32.2 Å². The molecule has 8 nitrogen and oxygen atoms in total. The molecule has 0 saturated heterocycles. The number of ether oxygens (including phenoxy) is 1. The summed E-state index contributed by atoms with van der Waals surface area (Å²) in [5, 5.41) is 2.92. The Balaban J connectivity index is 1.71. The van der Waals surface area contributed by atoms with Gasteiger partial charge in [0.25, 0.3) is 0 Å². The maximum atomic E-state index is 11.8. The van der Waals surface area contributed by atoms with Crippen LogP contribution in [0.5, 0.6) is 0 Å². The molecule has 0 aromatic heterocycles. The van der Waals surface area contributed by atoms with E-state index in [4.69, 9.17) is 4.74 Å². The molecule has 0 atom stereocenters. The molecule has 1 aromatic carbocycles. The average Bonchev–Trinajstić information content (AvgIpc) is 2.62. The topological polar surface area (TPSA) is 100 Å². The summed E-state index contributed by atoms with van der Waals surface area (Å²) >= 11 is 0. The van der Waals surface area contributed by atoms with Crippen molar-refractivity contribution in [3.8, 4) is 0 Å². The molecule has 1 aliphatic rings. The van der Waals surface area contributed by atoms with E-state index in [2.05, 4.69) is 15.0 Å². The van der Waals surface area contributed by atoms with Crippen LogP contribution in [-0.4, -0.2) is 57.5 Å². The lowest BCUT2D eigenvalue weighted by molar-refractivity contribution is 0.0459. The number of esters is 1. The molecule has 1 aliphatic heterocycles. The molecule has 0 radical (unpaired) electrons. The van der Waals surface area contributed by atoms with E-state index in [0.29, 0.717) is 31.9 Å². The van der Waals surface area contributed by atoms with Crippen LogP contribution < -0.4 is 10.0 Å². The molecule has 0 unspecified atom stereocenters. The Morgan fingerprint density at radius 1 is 1.36 bits per heavy atom. The molecule has 9 heteroatoms. The van der Waals surface area contributed by atoms with Crippen molar-refractivity contribution >= 4 is 22.0 Å². The van der Waals surface area contributed by atoms with E-state index >= 15 is 0 Å². The normalized spacial score (nSPS) is 15.2. The molecule has 0 aliphatic carbocycles. The molecule has 1 heterocycles. The third-order valence-corrected chi connectivity index (χ3v) is 4.90. The molecule has 0 fully saturated rings. The number of guanidine groups is 1. The second-order valence-corrected chi connectivity index (χ2v) is 7.50. The number of sulfonamides is 1. The highest BCUT2D eigenvalue weighted by Crippen LogP contribution is 2.02. The number of nitrogens with zero attached hydrogens (tertiary/aromatic N) is 2. The zero-order valence-electron chi connectivity index (χ0n) is 14.3. The number of benzene rings is 1. The fourth-order valence-electron chi connectivity index (χ4n) is 2.14. The van der Waals surface area contributed by atoms with E-state index in [-0.39, 0.29) is 24.3 Å². The number of carbonyl (C=O) groups is 1. The zero-order chi connectivity index (χ0) is 18.1. The van der Waals surface area contributed by atoms with Crippen LogP contribution in [-0.2, 0) is 14.8 Å². The van der Waals surface area contributed by atoms with Gasteiger partial charge in [0, 0.05) is 6.54 Å². The van der Waals surface area contributed by atoms with Gasteiger partial charge in [-0.05, 0) is 18.6 Å². The molecule has 0 saturated carbocycles. The van der Waals surface area contributed by atoms with Gasteiger partial charge in [0.05, 0.1) is 24.7 Å². The number of aliphatic imine (C=N–C) groups is 1. The molecule has 1 aromatic rings. The smallest absolute Gasteiger partial charge is 0.338 e. The predicted molar refractivity (Wildman–Crippen MR) is 95.6 cm³/mol. The minimum Gasteiger partial charge on any atom is -0.461 e. The summed E-state index contributed by atoms with van der Waals surface area (Å²) in [6, 6.07) is 8.80. The summed E-state index contributed by atoms with van der Waals surface area (Å²) in [6.45, 7) is 3.45. The van der Waals surface area contributed by atoms with Crippen molar-refractivity contribution in [1.29, 1.82) is 0 Å². The number of carbonyl (C=O) groups excluding carboxylic acids is 1. The van der Waals surface area contributed by atoms with E-state index in [1.54, 1.807) is 24.3 Å². The first-order valence-electron chi connectivity index (χ1n) is 8.23.